The molecule has 0 unspecified atom stereocenters. The molecule has 5 heteroatoms. The Kier molecular flexibility index (Phi) is 1.92. The van der Waals surface area contributed by atoms with Crippen LogP contribution in [0.25, 0.3) is 0 Å². The average Bonchev–Trinajstić information content (AvgIpc) is 2.48. The molecule has 0 saturated carbocycles. The Morgan fingerprint density at radius 2 is 2.46 bits per heavy atom. The number of hydrogen-bond acceptors (Lipinski definition) is 4. The van der Waals surface area contributed by atoms with Gasteiger partial charge < -0.3 is 14.2 Å². The average molecular weight is 182 g/mol. The van der Waals surface area contributed by atoms with Gasteiger partial charge in [-0.2, -0.15) is 0 Å². The van der Waals surface area contributed by atoms with Crippen molar-refractivity contribution in [2.24, 2.45) is 0 Å². The molecule has 0 N–H and O–H groups in total. The van der Waals surface area contributed by atoms with Gasteiger partial charge in [0.15, 0.2) is 0 Å². The molecule has 0 spiro atoms. The maximum Gasteiger partial charge on any atom is 0.292 e. The van der Waals surface area contributed by atoms with E-state index in [4.69, 9.17) is 9.26 Å². The summed E-state index contributed by atoms with van der Waals surface area (Å²) in [5, 5.41) is 3.55. The van der Waals surface area contributed by atoms with Crippen LogP contribution in [0.3, 0.4) is 0 Å². The van der Waals surface area contributed by atoms with Crippen molar-refractivity contribution in [3.63, 3.8) is 0 Å². The van der Waals surface area contributed by atoms with Crippen molar-refractivity contribution < 1.29 is 14.1 Å². The summed E-state index contributed by atoms with van der Waals surface area (Å²) in [6.07, 6.45) is 1.07. The summed E-state index contributed by atoms with van der Waals surface area (Å²) >= 11 is 0. The van der Waals surface area contributed by atoms with Gasteiger partial charge in [-0.25, -0.2) is 0 Å². The second kappa shape index (κ2) is 3.08. The highest BCUT2D eigenvalue weighted by Crippen LogP contribution is 2.16. The maximum atomic E-state index is 11.5. The van der Waals surface area contributed by atoms with Crippen LogP contribution in [0.15, 0.2) is 10.6 Å². The molecule has 1 aliphatic heterocycles. The van der Waals surface area contributed by atoms with Gasteiger partial charge in [0, 0.05) is 13.1 Å². The Morgan fingerprint density at radius 3 is 2.92 bits per heavy atom. The molecule has 1 aliphatic rings. The Balaban J connectivity index is 2.10. The van der Waals surface area contributed by atoms with E-state index in [1.807, 2.05) is 0 Å². The van der Waals surface area contributed by atoms with Gasteiger partial charge in [0.2, 0.25) is 5.76 Å². The van der Waals surface area contributed by atoms with Gasteiger partial charge in [0.1, 0.15) is 0 Å². The molecule has 1 fully saturated rings. The van der Waals surface area contributed by atoms with Crippen LogP contribution < -0.4 is 4.74 Å². The predicted octanol–water partition coefficient (Wildman–Crippen LogP) is 0.529. The highest BCUT2D eigenvalue weighted by Gasteiger charge is 2.25. The van der Waals surface area contributed by atoms with Crippen LogP contribution in [0.4, 0.5) is 0 Å². The van der Waals surface area contributed by atoms with Crippen molar-refractivity contribution >= 4 is 5.91 Å². The first kappa shape index (κ1) is 8.10. The third-order valence-corrected chi connectivity index (χ3v) is 2.05. The molecule has 70 valence electrons. The van der Waals surface area contributed by atoms with Crippen molar-refractivity contribution in [1.82, 2.24) is 10.1 Å². The molecule has 0 atom stereocenters. The molecular weight excluding hydrogens is 172 g/mol. The highest BCUT2D eigenvalue weighted by molar-refractivity contribution is 5.92. The van der Waals surface area contributed by atoms with Crippen molar-refractivity contribution in [3.8, 4) is 5.88 Å². The van der Waals surface area contributed by atoms with Crippen LogP contribution >= 0.6 is 0 Å². The summed E-state index contributed by atoms with van der Waals surface area (Å²) in [6, 6.07) is 1.50. The molecule has 5 nitrogen and oxygen atoms in total. The van der Waals surface area contributed by atoms with Crippen LogP contribution in [0.2, 0.25) is 0 Å². The van der Waals surface area contributed by atoms with E-state index >= 15 is 0 Å². The Hall–Kier alpha value is -1.52. The molecule has 1 aromatic heterocycles. The van der Waals surface area contributed by atoms with E-state index < -0.39 is 0 Å². The number of aromatic nitrogens is 1. The Morgan fingerprint density at radius 1 is 1.69 bits per heavy atom. The molecule has 0 aliphatic carbocycles. The van der Waals surface area contributed by atoms with Crippen LogP contribution in [-0.4, -0.2) is 36.2 Å². The first-order chi connectivity index (χ1) is 6.31. The quantitative estimate of drug-likeness (QED) is 0.669. The van der Waals surface area contributed by atoms with E-state index in [-0.39, 0.29) is 11.7 Å². The van der Waals surface area contributed by atoms with E-state index in [1.54, 1.807) is 4.90 Å². The van der Waals surface area contributed by atoms with Gasteiger partial charge in [0.25, 0.3) is 11.8 Å². The number of amides is 1. The fourth-order valence-corrected chi connectivity index (χ4v) is 1.13. The highest BCUT2D eigenvalue weighted by atomic mass is 16.5. The van der Waals surface area contributed by atoms with Crippen molar-refractivity contribution in [3.05, 3.63) is 11.8 Å². The predicted molar refractivity (Wildman–Crippen MR) is 43.6 cm³/mol. The molecule has 1 aromatic rings. The lowest BCUT2D eigenvalue weighted by molar-refractivity contribution is 0.0609. The van der Waals surface area contributed by atoms with Crippen molar-refractivity contribution in [2.75, 3.05) is 20.2 Å². The lowest BCUT2D eigenvalue weighted by Gasteiger charge is -2.29. The maximum absolute atomic E-state index is 11.5. The first-order valence-corrected chi connectivity index (χ1v) is 4.11. The minimum Gasteiger partial charge on any atom is -0.479 e. The fourth-order valence-electron chi connectivity index (χ4n) is 1.13. The molecular formula is C8H10N2O3. The second-order valence-corrected chi connectivity index (χ2v) is 2.88. The molecule has 2 rings (SSSR count). The lowest BCUT2D eigenvalue weighted by Crippen LogP contribution is -2.41. The van der Waals surface area contributed by atoms with Crippen LogP contribution in [0.1, 0.15) is 17.0 Å². The molecule has 0 radical (unpaired) electrons. The number of rotatable bonds is 2. The summed E-state index contributed by atoms with van der Waals surface area (Å²) in [5.41, 5.74) is 0. The standard InChI is InChI=1S/C8H10N2O3/c1-12-7-5-6(13-9-7)8(11)10-3-2-4-10/h5H,2-4H2,1H3. The van der Waals surface area contributed by atoms with E-state index in [0.717, 1.165) is 19.5 Å². The summed E-state index contributed by atoms with van der Waals surface area (Å²) in [6.45, 7) is 1.61. The van der Waals surface area contributed by atoms with E-state index in [1.165, 1.54) is 13.2 Å². The van der Waals surface area contributed by atoms with Crippen LogP contribution in [0.5, 0.6) is 5.88 Å². The van der Waals surface area contributed by atoms with Crippen LogP contribution in [-0.2, 0) is 0 Å². The zero-order valence-electron chi connectivity index (χ0n) is 7.32. The van der Waals surface area contributed by atoms with E-state index in [9.17, 15) is 4.79 Å². The van der Waals surface area contributed by atoms with Gasteiger partial charge in [0.05, 0.1) is 13.2 Å². The molecule has 0 aromatic carbocycles. The molecule has 13 heavy (non-hydrogen) atoms. The zero-order chi connectivity index (χ0) is 9.26. The second-order valence-electron chi connectivity index (χ2n) is 2.88. The third-order valence-electron chi connectivity index (χ3n) is 2.05. The minimum absolute atomic E-state index is 0.109. The van der Waals surface area contributed by atoms with E-state index in [0.29, 0.717) is 5.88 Å². The van der Waals surface area contributed by atoms with Gasteiger partial charge in [-0.15, -0.1) is 0 Å². The monoisotopic (exact) mass is 182 g/mol. The number of methoxy groups -OCH3 is 1. The number of carbonyl (C=O) groups is 1. The summed E-state index contributed by atoms with van der Waals surface area (Å²) in [4.78, 5) is 13.2. The number of hydrogen-bond donors (Lipinski definition) is 0. The van der Waals surface area contributed by atoms with Gasteiger partial charge in [-0.3, -0.25) is 4.79 Å². The molecule has 1 saturated heterocycles. The molecule has 1 amide bonds. The summed E-state index contributed by atoms with van der Waals surface area (Å²) in [5.74, 6) is 0.475. The van der Waals surface area contributed by atoms with Crippen molar-refractivity contribution in [1.29, 1.82) is 0 Å². The number of ether oxygens (including phenoxy) is 1. The molecule has 0 bridgehead atoms. The third kappa shape index (κ3) is 1.37. The molecule has 2 heterocycles. The topological polar surface area (TPSA) is 55.6 Å². The largest absolute Gasteiger partial charge is 0.479 e. The smallest absolute Gasteiger partial charge is 0.292 e. The van der Waals surface area contributed by atoms with Gasteiger partial charge in [-0.05, 0) is 11.6 Å². The minimum atomic E-state index is -0.109. The lowest BCUT2D eigenvalue weighted by atomic mass is 10.2. The zero-order valence-corrected chi connectivity index (χ0v) is 7.32. The fraction of sp³-hybridized carbons (Fsp3) is 0.500. The van der Waals surface area contributed by atoms with Gasteiger partial charge in [-0.1, -0.05) is 0 Å². The summed E-state index contributed by atoms with van der Waals surface area (Å²) < 4.78 is 9.61. The first-order valence-electron chi connectivity index (χ1n) is 4.11. The Labute approximate surface area is 75.3 Å². The van der Waals surface area contributed by atoms with Gasteiger partial charge >= 0.3 is 0 Å². The Bertz CT molecular complexity index is 317. The number of nitrogens with zero attached hydrogens (tertiary/aromatic N) is 2. The SMILES string of the molecule is COc1cc(C(=O)N2CCC2)on1. The number of carbonyl (C=O) groups excluding carboxylic acids is 1. The summed E-state index contributed by atoms with van der Waals surface area (Å²) in [7, 11) is 1.48. The number of likely N-dealkylation sites (tertiary alicyclic amines) is 1. The normalized spacial score (nSPS) is 15.3. The van der Waals surface area contributed by atoms with Crippen molar-refractivity contribution in [2.45, 2.75) is 6.42 Å². The van der Waals surface area contributed by atoms with E-state index in [2.05, 4.69) is 5.16 Å². The van der Waals surface area contributed by atoms with Crippen LogP contribution in [0, 0.1) is 0 Å².